The van der Waals surface area contributed by atoms with Crippen molar-refractivity contribution in [2.45, 2.75) is 38.7 Å². The Balaban J connectivity index is 1.60. The molecule has 0 fully saturated rings. The second kappa shape index (κ2) is 7.99. The number of para-hydroxylation sites is 2. The molecule has 0 saturated carbocycles. The summed E-state index contributed by atoms with van der Waals surface area (Å²) in [6.45, 7) is 1.48. The molecule has 6 heteroatoms. The fourth-order valence-electron chi connectivity index (χ4n) is 3.68. The van der Waals surface area contributed by atoms with Gasteiger partial charge in [-0.25, -0.2) is 9.18 Å². The lowest BCUT2D eigenvalue weighted by molar-refractivity contribution is -0.123. The summed E-state index contributed by atoms with van der Waals surface area (Å²) >= 11 is 0. The number of nitrogens with one attached hydrogen (secondary N) is 1. The SMILES string of the molecule is CC(OC(=O)c1c2c(nc3ccccc13)CCCC2)C(=O)Nc1ccccc1F. The molecule has 5 nitrogen and oxygen atoms in total. The van der Waals surface area contributed by atoms with E-state index in [-0.39, 0.29) is 5.69 Å². The summed E-state index contributed by atoms with van der Waals surface area (Å²) < 4.78 is 19.3. The number of anilines is 1. The average molecular weight is 392 g/mol. The van der Waals surface area contributed by atoms with Gasteiger partial charge < -0.3 is 10.1 Å². The third-order valence-corrected chi connectivity index (χ3v) is 5.16. The van der Waals surface area contributed by atoms with Crippen molar-refractivity contribution in [2.24, 2.45) is 0 Å². The Bertz CT molecular complexity index is 1100. The van der Waals surface area contributed by atoms with Gasteiger partial charge in [0.25, 0.3) is 5.91 Å². The third kappa shape index (κ3) is 3.83. The van der Waals surface area contributed by atoms with Crippen LogP contribution in [0.4, 0.5) is 10.1 Å². The first-order chi connectivity index (χ1) is 14.0. The van der Waals surface area contributed by atoms with E-state index < -0.39 is 23.8 Å². The zero-order valence-corrected chi connectivity index (χ0v) is 16.1. The fourth-order valence-corrected chi connectivity index (χ4v) is 3.68. The van der Waals surface area contributed by atoms with E-state index in [1.165, 1.54) is 25.1 Å². The number of carbonyl (C=O) groups excluding carboxylic acids is 2. The molecule has 0 bridgehead atoms. The molecular weight excluding hydrogens is 371 g/mol. The van der Waals surface area contributed by atoms with E-state index in [1.54, 1.807) is 6.07 Å². The van der Waals surface area contributed by atoms with E-state index in [4.69, 9.17) is 9.72 Å². The molecule has 1 aliphatic rings. The number of amides is 1. The molecule has 2 aromatic carbocycles. The molecule has 0 saturated heterocycles. The molecule has 1 atom stereocenters. The monoisotopic (exact) mass is 392 g/mol. The van der Waals surface area contributed by atoms with Gasteiger partial charge in [0, 0.05) is 11.1 Å². The Morgan fingerprint density at radius 3 is 2.62 bits per heavy atom. The Hall–Kier alpha value is -3.28. The topological polar surface area (TPSA) is 68.3 Å². The fraction of sp³-hybridized carbons (Fsp3) is 0.261. The summed E-state index contributed by atoms with van der Waals surface area (Å²) in [5.74, 6) is -1.69. The van der Waals surface area contributed by atoms with Crippen LogP contribution in [-0.4, -0.2) is 23.0 Å². The highest BCUT2D eigenvalue weighted by atomic mass is 19.1. The van der Waals surface area contributed by atoms with Gasteiger partial charge in [0.1, 0.15) is 5.82 Å². The number of halogens is 1. The minimum Gasteiger partial charge on any atom is -0.449 e. The van der Waals surface area contributed by atoms with Gasteiger partial charge in [-0.3, -0.25) is 9.78 Å². The number of nitrogens with zero attached hydrogens (tertiary/aromatic N) is 1. The van der Waals surface area contributed by atoms with Crippen molar-refractivity contribution in [2.75, 3.05) is 5.32 Å². The maximum atomic E-state index is 13.8. The zero-order valence-electron chi connectivity index (χ0n) is 16.1. The Kier molecular flexibility index (Phi) is 5.25. The van der Waals surface area contributed by atoms with Crippen molar-refractivity contribution >= 4 is 28.5 Å². The summed E-state index contributed by atoms with van der Waals surface area (Å²) in [7, 11) is 0. The van der Waals surface area contributed by atoms with Gasteiger partial charge in [-0.2, -0.15) is 0 Å². The summed E-state index contributed by atoms with van der Waals surface area (Å²) in [6.07, 6.45) is 2.52. The lowest BCUT2D eigenvalue weighted by Gasteiger charge is -2.21. The zero-order chi connectivity index (χ0) is 20.4. The number of aryl methyl sites for hydroxylation is 1. The van der Waals surface area contributed by atoms with Gasteiger partial charge in [-0.05, 0) is 56.4 Å². The molecule has 4 rings (SSSR count). The predicted molar refractivity (Wildman–Crippen MR) is 108 cm³/mol. The molecule has 29 heavy (non-hydrogen) atoms. The molecule has 1 amide bonds. The number of fused-ring (bicyclic) bond motifs is 2. The average Bonchev–Trinajstić information content (AvgIpc) is 2.73. The molecular formula is C23H21FN2O3. The van der Waals surface area contributed by atoms with Crippen LogP contribution in [0.1, 0.15) is 41.4 Å². The van der Waals surface area contributed by atoms with E-state index in [9.17, 15) is 14.0 Å². The highest BCUT2D eigenvalue weighted by Crippen LogP contribution is 2.30. The second-order valence-electron chi connectivity index (χ2n) is 7.15. The lowest BCUT2D eigenvalue weighted by atomic mass is 9.90. The van der Waals surface area contributed by atoms with Crippen LogP contribution in [0.3, 0.4) is 0 Å². The van der Waals surface area contributed by atoms with Gasteiger partial charge in [-0.1, -0.05) is 30.3 Å². The van der Waals surface area contributed by atoms with Crippen LogP contribution in [0.2, 0.25) is 0 Å². The maximum absolute atomic E-state index is 13.8. The normalized spacial score (nSPS) is 14.1. The van der Waals surface area contributed by atoms with E-state index in [1.807, 2.05) is 24.3 Å². The number of hydrogen-bond donors (Lipinski definition) is 1. The maximum Gasteiger partial charge on any atom is 0.339 e. The van der Waals surface area contributed by atoms with E-state index >= 15 is 0 Å². The lowest BCUT2D eigenvalue weighted by Crippen LogP contribution is -2.31. The van der Waals surface area contributed by atoms with Crippen molar-refractivity contribution in [3.8, 4) is 0 Å². The minimum atomic E-state index is -1.08. The summed E-state index contributed by atoms with van der Waals surface area (Å²) in [6, 6.07) is 13.3. The van der Waals surface area contributed by atoms with Crippen LogP contribution < -0.4 is 5.32 Å². The number of benzene rings is 2. The summed E-state index contributed by atoms with van der Waals surface area (Å²) in [4.78, 5) is 30.2. The highest BCUT2D eigenvalue weighted by molar-refractivity contribution is 6.06. The number of esters is 1. The van der Waals surface area contributed by atoms with Crippen molar-refractivity contribution in [1.82, 2.24) is 4.98 Å². The number of ether oxygens (including phenoxy) is 1. The first-order valence-electron chi connectivity index (χ1n) is 9.71. The van der Waals surface area contributed by atoms with Gasteiger partial charge in [0.15, 0.2) is 6.10 Å². The van der Waals surface area contributed by atoms with Crippen LogP contribution in [0.15, 0.2) is 48.5 Å². The first kappa shape index (κ1) is 19.1. The number of hydrogen-bond acceptors (Lipinski definition) is 4. The molecule has 1 N–H and O–H groups in total. The number of carbonyl (C=O) groups is 2. The van der Waals surface area contributed by atoms with Crippen molar-refractivity contribution in [3.63, 3.8) is 0 Å². The van der Waals surface area contributed by atoms with Crippen LogP contribution in [0.25, 0.3) is 10.9 Å². The van der Waals surface area contributed by atoms with Gasteiger partial charge in [0.2, 0.25) is 0 Å². The Labute approximate surface area is 167 Å². The highest BCUT2D eigenvalue weighted by Gasteiger charge is 2.26. The molecule has 1 aliphatic carbocycles. The first-order valence-corrected chi connectivity index (χ1v) is 9.71. The molecule has 1 aromatic heterocycles. The van der Waals surface area contributed by atoms with Crippen LogP contribution in [0.5, 0.6) is 0 Å². The van der Waals surface area contributed by atoms with Crippen LogP contribution in [0, 0.1) is 5.82 Å². The summed E-state index contributed by atoms with van der Waals surface area (Å²) in [5.41, 5.74) is 3.10. The predicted octanol–water partition coefficient (Wildman–Crippen LogP) is 4.44. The number of pyridine rings is 1. The Morgan fingerprint density at radius 2 is 1.79 bits per heavy atom. The molecule has 148 valence electrons. The standard InChI is InChI=1S/C23H21FN2O3/c1-14(22(27)26-20-13-7-4-10-17(20)24)29-23(28)21-15-8-2-5-11-18(15)25-19-12-6-3-9-16(19)21/h2,4-5,7-8,10-11,13-14H,3,6,9,12H2,1H3,(H,26,27). The van der Waals surface area contributed by atoms with E-state index in [2.05, 4.69) is 5.32 Å². The Morgan fingerprint density at radius 1 is 1.07 bits per heavy atom. The molecule has 0 radical (unpaired) electrons. The largest absolute Gasteiger partial charge is 0.449 e. The second-order valence-corrected chi connectivity index (χ2v) is 7.15. The van der Waals surface area contributed by atoms with E-state index in [0.29, 0.717) is 5.56 Å². The molecule has 1 heterocycles. The van der Waals surface area contributed by atoms with E-state index in [0.717, 1.165) is 47.8 Å². The van der Waals surface area contributed by atoms with Gasteiger partial charge in [0.05, 0.1) is 16.8 Å². The smallest absolute Gasteiger partial charge is 0.339 e. The van der Waals surface area contributed by atoms with Crippen molar-refractivity contribution in [1.29, 1.82) is 0 Å². The quantitative estimate of drug-likeness (QED) is 0.667. The molecule has 0 aliphatic heterocycles. The molecule has 0 spiro atoms. The number of aromatic nitrogens is 1. The van der Waals surface area contributed by atoms with Gasteiger partial charge >= 0.3 is 5.97 Å². The summed E-state index contributed by atoms with van der Waals surface area (Å²) in [5, 5.41) is 3.18. The number of rotatable bonds is 4. The van der Waals surface area contributed by atoms with Gasteiger partial charge in [-0.15, -0.1) is 0 Å². The van der Waals surface area contributed by atoms with Crippen molar-refractivity contribution < 1.29 is 18.7 Å². The van der Waals surface area contributed by atoms with Crippen molar-refractivity contribution in [3.05, 3.63) is 71.2 Å². The third-order valence-electron chi connectivity index (χ3n) is 5.16. The molecule has 3 aromatic rings. The minimum absolute atomic E-state index is 0.0483. The van der Waals surface area contributed by atoms with Crippen LogP contribution in [-0.2, 0) is 22.4 Å². The van der Waals surface area contributed by atoms with Crippen LogP contribution >= 0.6 is 0 Å². The molecule has 1 unspecified atom stereocenters.